The minimum absolute atomic E-state index is 0.0893. The molecule has 1 aliphatic rings. The first-order valence-corrected chi connectivity index (χ1v) is 11.2. The molecule has 31 heavy (non-hydrogen) atoms. The van der Waals surface area contributed by atoms with Gasteiger partial charge in [0.2, 0.25) is 5.91 Å². The van der Waals surface area contributed by atoms with E-state index in [1.54, 1.807) is 18.3 Å². The van der Waals surface area contributed by atoms with Crippen LogP contribution in [0.25, 0.3) is 0 Å². The maximum absolute atomic E-state index is 12.8. The van der Waals surface area contributed by atoms with Crippen molar-refractivity contribution in [2.45, 2.75) is 43.2 Å². The van der Waals surface area contributed by atoms with Gasteiger partial charge in [-0.15, -0.1) is 0 Å². The van der Waals surface area contributed by atoms with Crippen LogP contribution >= 0.6 is 11.8 Å². The molecule has 1 aromatic heterocycles. The highest BCUT2D eigenvalue weighted by atomic mass is 32.2. The minimum Gasteiger partial charge on any atom is -0.348 e. The average molecular weight is 432 g/mol. The zero-order valence-electron chi connectivity index (χ0n) is 17.6. The van der Waals surface area contributed by atoms with Gasteiger partial charge in [-0.05, 0) is 79.8 Å². The molecule has 0 saturated heterocycles. The molecule has 6 heteroatoms. The second kappa shape index (κ2) is 9.35. The van der Waals surface area contributed by atoms with Gasteiger partial charge in [0.25, 0.3) is 5.91 Å². The van der Waals surface area contributed by atoms with Crippen LogP contribution in [0.2, 0.25) is 0 Å². The molecule has 1 fully saturated rings. The van der Waals surface area contributed by atoms with E-state index in [1.807, 2.05) is 30.3 Å². The van der Waals surface area contributed by atoms with E-state index in [-0.39, 0.29) is 17.7 Å². The van der Waals surface area contributed by atoms with Gasteiger partial charge >= 0.3 is 0 Å². The Balaban J connectivity index is 1.38. The van der Waals surface area contributed by atoms with Crippen molar-refractivity contribution < 1.29 is 9.59 Å². The van der Waals surface area contributed by atoms with Gasteiger partial charge in [0.15, 0.2) is 0 Å². The van der Waals surface area contributed by atoms with Crippen LogP contribution in [-0.2, 0) is 11.3 Å². The minimum atomic E-state index is -0.162. The molecular weight excluding hydrogens is 406 g/mol. The van der Waals surface area contributed by atoms with E-state index in [4.69, 9.17) is 0 Å². The lowest BCUT2D eigenvalue weighted by Gasteiger charge is -2.11. The average Bonchev–Trinajstić information content (AvgIpc) is 3.62. The highest BCUT2D eigenvalue weighted by Gasteiger charge is 2.29. The number of nitrogens with zero attached hydrogens (tertiary/aromatic N) is 1. The summed E-state index contributed by atoms with van der Waals surface area (Å²) in [6.45, 7) is 4.56. The zero-order chi connectivity index (χ0) is 21.8. The molecule has 2 aromatic carbocycles. The fraction of sp³-hybridized carbons (Fsp3) is 0.240. The molecule has 0 radical (unpaired) electrons. The summed E-state index contributed by atoms with van der Waals surface area (Å²) in [6.07, 6.45) is 3.66. The summed E-state index contributed by atoms with van der Waals surface area (Å²) in [4.78, 5) is 30.2. The van der Waals surface area contributed by atoms with E-state index in [1.165, 1.54) is 22.9 Å². The van der Waals surface area contributed by atoms with Gasteiger partial charge in [-0.3, -0.25) is 9.59 Å². The number of carbonyl (C=O) groups excluding carboxylic acids is 2. The number of carbonyl (C=O) groups is 2. The Morgan fingerprint density at radius 3 is 2.52 bits per heavy atom. The largest absolute Gasteiger partial charge is 0.348 e. The molecule has 1 aliphatic carbocycles. The summed E-state index contributed by atoms with van der Waals surface area (Å²) in [5, 5.41) is 6.58. The number of aryl methyl sites for hydroxylation is 2. The third-order valence-corrected chi connectivity index (χ3v) is 6.34. The fourth-order valence-electron chi connectivity index (χ4n) is 3.11. The number of anilines is 1. The third-order valence-electron chi connectivity index (χ3n) is 5.33. The number of aromatic nitrogens is 1. The number of pyridine rings is 1. The van der Waals surface area contributed by atoms with Crippen molar-refractivity contribution in [3.63, 3.8) is 0 Å². The molecule has 0 bridgehead atoms. The smallest absolute Gasteiger partial charge is 0.254 e. The number of hydrogen-bond acceptors (Lipinski definition) is 4. The topological polar surface area (TPSA) is 71.1 Å². The maximum atomic E-state index is 12.8. The van der Waals surface area contributed by atoms with Crippen molar-refractivity contribution in [3.05, 3.63) is 83.0 Å². The first-order valence-electron chi connectivity index (χ1n) is 10.4. The molecule has 0 aliphatic heterocycles. The lowest BCUT2D eigenvalue weighted by molar-refractivity contribution is -0.117. The van der Waals surface area contributed by atoms with E-state index in [0.717, 1.165) is 29.0 Å². The number of benzene rings is 2. The Kier molecular flexibility index (Phi) is 6.37. The summed E-state index contributed by atoms with van der Waals surface area (Å²) < 4.78 is 0. The van der Waals surface area contributed by atoms with Crippen LogP contribution in [0, 0.1) is 19.8 Å². The lowest BCUT2D eigenvalue weighted by atomic mass is 10.1. The second-order valence-electron chi connectivity index (χ2n) is 7.85. The summed E-state index contributed by atoms with van der Waals surface area (Å²) in [6, 6.07) is 17.4. The number of hydrogen-bond donors (Lipinski definition) is 2. The van der Waals surface area contributed by atoms with Gasteiger partial charge in [-0.2, -0.15) is 0 Å². The van der Waals surface area contributed by atoms with E-state index in [2.05, 4.69) is 41.6 Å². The van der Waals surface area contributed by atoms with E-state index in [9.17, 15) is 9.59 Å². The van der Waals surface area contributed by atoms with Gasteiger partial charge in [-0.25, -0.2) is 4.98 Å². The van der Waals surface area contributed by atoms with E-state index in [0.29, 0.717) is 17.1 Å². The van der Waals surface area contributed by atoms with Crippen LogP contribution in [-0.4, -0.2) is 16.8 Å². The number of rotatable bonds is 7. The highest BCUT2D eigenvalue weighted by molar-refractivity contribution is 7.99. The first kappa shape index (κ1) is 21.1. The standard InChI is InChI=1S/C25H25N3O2S/c1-16-5-12-21(14-17(16)2)31-25-22(4-3-13-26-25)24(30)27-15-18-6-10-20(11-7-18)28-23(29)19-8-9-19/h3-7,10-14,19H,8-9,15H2,1-2H3,(H,27,30)(H,28,29). The summed E-state index contributed by atoms with van der Waals surface area (Å²) in [5.74, 6) is 0.103. The van der Waals surface area contributed by atoms with Gasteiger partial charge in [0.1, 0.15) is 5.03 Å². The monoisotopic (exact) mass is 431 g/mol. The fourth-order valence-corrected chi connectivity index (χ4v) is 4.09. The first-order chi connectivity index (χ1) is 15.0. The third kappa shape index (κ3) is 5.52. The molecule has 2 amide bonds. The van der Waals surface area contributed by atoms with Crippen LogP contribution in [0.4, 0.5) is 5.69 Å². The second-order valence-corrected chi connectivity index (χ2v) is 8.91. The highest BCUT2D eigenvalue weighted by Crippen LogP contribution is 2.31. The zero-order valence-corrected chi connectivity index (χ0v) is 18.5. The summed E-state index contributed by atoms with van der Waals surface area (Å²) in [7, 11) is 0. The van der Waals surface area contributed by atoms with Gasteiger partial charge in [-0.1, -0.05) is 30.0 Å². The van der Waals surface area contributed by atoms with Crippen LogP contribution in [0.1, 0.15) is 39.9 Å². The quantitative estimate of drug-likeness (QED) is 0.544. The van der Waals surface area contributed by atoms with E-state index < -0.39 is 0 Å². The molecule has 0 atom stereocenters. The molecule has 4 rings (SSSR count). The molecule has 1 saturated carbocycles. The Morgan fingerprint density at radius 2 is 1.81 bits per heavy atom. The van der Waals surface area contributed by atoms with Crippen molar-refractivity contribution >= 4 is 29.3 Å². The van der Waals surface area contributed by atoms with Crippen molar-refractivity contribution in [3.8, 4) is 0 Å². The van der Waals surface area contributed by atoms with Gasteiger partial charge < -0.3 is 10.6 Å². The maximum Gasteiger partial charge on any atom is 0.254 e. The van der Waals surface area contributed by atoms with Crippen molar-refractivity contribution in [1.29, 1.82) is 0 Å². The van der Waals surface area contributed by atoms with Crippen LogP contribution < -0.4 is 10.6 Å². The van der Waals surface area contributed by atoms with Crippen LogP contribution in [0.5, 0.6) is 0 Å². The summed E-state index contributed by atoms with van der Waals surface area (Å²) in [5.41, 5.74) is 4.75. The predicted molar refractivity (Wildman–Crippen MR) is 123 cm³/mol. The molecule has 5 nitrogen and oxygen atoms in total. The molecule has 2 N–H and O–H groups in total. The van der Waals surface area contributed by atoms with Crippen molar-refractivity contribution in [2.75, 3.05) is 5.32 Å². The normalized spacial score (nSPS) is 13.0. The molecule has 0 spiro atoms. The van der Waals surface area contributed by atoms with Gasteiger partial charge in [0, 0.05) is 29.2 Å². The Bertz CT molecular complexity index is 1110. The van der Waals surface area contributed by atoms with E-state index >= 15 is 0 Å². The lowest BCUT2D eigenvalue weighted by Crippen LogP contribution is -2.23. The van der Waals surface area contributed by atoms with Crippen LogP contribution in [0.15, 0.2) is 70.7 Å². The molecule has 1 heterocycles. The molecule has 158 valence electrons. The van der Waals surface area contributed by atoms with Gasteiger partial charge in [0.05, 0.1) is 5.56 Å². The molecule has 0 unspecified atom stereocenters. The van der Waals surface area contributed by atoms with Crippen LogP contribution in [0.3, 0.4) is 0 Å². The SMILES string of the molecule is Cc1ccc(Sc2ncccc2C(=O)NCc2ccc(NC(=O)C3CC3)cc2)cc1C. The Morgan fingerprint density at radius 1 is 1.03 bits per heavy atom. The Labute approximate surface area is 186 Å². The Hall–Kier alpha value is -3.12. The predicted octanol–water partition coefficient (Wildman–Crippen LogP) is 5.13. The van der Waals surface area contributed by atoms with Crippen molar-refractivity contribution in [1.82, 2.24) is 10.3 Å². The number of nitrogens with one attached hydrogen (secondary N) is 2. The molecular formula is C25H25N3O2S. The molecule has 3 aromatic rings. The summed E-state index contributed by atoms with van der Waals surface area (Å²) >= 11 is 1.49. The van der Waals surface area contributed by atoms with Crippen molar-refractivity contribution in [2.24, 2.45) is 5.92 Å². The number of amides is 2.